The van der Waals surface area contributed by atoms with E-state index >= 15 is 0 Å². The lowest BCUT2D eigenvalue weighted by Crippen LogP contribution is -2.42. The third-order valence-electron chi connectivity index (χ3n) is 4.97. The summed E-state index contributed by atoms with van der Waals surface area (Å²) in [7, 11) is 0. The fourth-order valence-electron chi connectivity index (χ4n) is 3.48. The molecule has 2 heterocycles. The van der Waals surface area contributed by atoms with Crippen LogP contribution in [-0.2, 0) is 39.8 Å². The highest BCUT2D eigenvalue weighted by Crippen LogP contribution is 2.56. The molecule has 2 rings (SSSR count). The normalized spacial score (nSPS) is 39.1. The molecule has 2 N–H and O–H groups in total. The lowest BCUT2D eigenvalue weighted by atomic mass is 10.1. The van der Waals surface area contributed by atoms with E-state index in [4.69, 9.17) is 39.8 Å². The monoisotopic (exact) mass is 502 g/mol. The van der Waals surface area contributed by atoms with Crippen molar-refractivity contribution in [3.63, 3.8) is 0 Å². The van der Waals surface area contributed by atoms with E-state index in [1.807, 2.05) is 41.5 Å². The van der Waals surface area contributed by atoms with Crippen molar-refractivity contribution in [2.45, 2.75) is 115 Å². The van der Waals surface area contributed by atoms with Crippen molar-refractivity contribution in [2.24, 2.45) is 0 Å². The lowest BCUT2D eigenvalue weighted by Gasteiger charge is -2.31. The summed E-state index contributed by atoms with van der Waals surface area (Å²) in [6.45, 7) is 15.4. The first-order valence-electron chi connectivity index (χ1n) is 10.6. The van der Waals surface area contributed by atoms with Crippen LogP contribution < -0.4 is 0 Å². The number of ether oxygens (including phenoxy) is 4. The fourth-order valence-corrected chi connectivity index (χ4v) is 5.45. The third-order valence-corrected chi connectivity index (χ3v) is 7.16. The largest absolute Gasteiger partial charge is 0.388 e. The maximum atomic E-state index is 10.5. The zero-order valence-electron chi connectivity index (χ0n) is 19.7. The SMILES string of the molecule is C[C@@H]1O[C@H](COP(=S)(S)O[C@@H]2C(O)[C@H](C)O[C@@H]2COC(C)(C)C)[C@H](OC(C)(C)C)C1O. The Morgan fingerprint density at radius 2 is 1.35 bits per heavy atom. The van der Waals surface area contributed by atoms with Crippen LogP contribution in [0.3, 0.4) is 0 Å². The molecule has 0 aromatic rings. The van der Waals surface area contributed by atoms with Crippen molar-refractivity contribution in [2.75, 3.05) is 13.2 Å². The van der Waals surface area contributed by atoms with Gasteiger partial charge >= 0.3 is 0 Å². The van der Waals surface area contributed by atoms with Gasteiger partial charge in [0.2, 0.25) is 5.69 Å². The maximum Gasteiger partial charge on any atom is 0.244 e. The van der Waals surface area contributed by atoms with Gasteiger partial charge in [-0.3, -0.25) is 0 Å². The van der Waals surface area contributed by atoms with Crippen LogP contribution >= 0.6 is 17.9 Å². The summed E-state index contributed by atoms with van der Waals surface area (Å²) < 4.78 is 35.2. The van der Waals surface area contributed by atoms with Crippen molar-refractivity contribution < 1.29 is 38.2 Å². The van der Waals surface area contributed by atoms with E-state index in [0.717, 1.165) is 0 Å². The minimum atomic E-state index is -3.06. The molecule has 2 fully saturated rings. The molecule has 2 aliphatic heterocycles. The van der Waals surface area contributed by atoms with Gasteiger partial charge < -0.3 is 38.2 Å². The molecule has 0 saturated carbocycles. The number of hydrogen-bond donors (Lipinski definition) is 3. The molecule has 0 bridgehead atoms. The van der Waals surface area contributed by atoms with E-state index in [9.17, 15) is 10.2 Å². The number of thiol groups is 1. The molecule has 2 saturated heterocycles. The lowest BCUT2D eigenvalue weighted by molar-refractivity contribution is -0.118. The van der Waals surface area contributed by atoms with Gasteiger partial charge in [0.15, 0.2) is 0 Å². The van der Waals surface area contributed by atoms with Gasteiger partial charge in [-0.2, -0.15) is 0 Å². The molecule has 31 heavy (non-hydrogen) atoms. The molecule has 11 heteroatoms. The smallest absolute Gasteiger partial charge is 0.244 e. The molecule has 9 atom stereocenters. The average molecular weight is 503 g/mol. The highest BCUT2D eigenvalue weighted by Gasteiger charge is 2.47. The Morgan fingerprint density at radius 1 is 0.871 bits per heavy atom. The minimum absolute atomic E-state index is 0.0469. The Hall–Kier alpha value is 0.680. The number of aliphatic hydroxyl groups is 2. The Morgan fingerprint density at radius 3 is 1.84 bits per heavy atom. The Labute approximate surface area is 196 Å². The standard InChI is InChI=1S/C20H39O8PS2/c1-11-15(21)17(27-20(6,7)8)14(26-11)10-24-29(30,31)28-18-13(9-23-19(3,4)5)25-12(2)16(18)22/h11-18,21-22H,9-10H2,1-8H3,(H,30,31)/t11-,12-,13+,14+,15?,16?,17-,18-/m0/s1. The zero-order valence-corrected chi connectivity index (χ0v) is 22.3. The molecular formula is C20H39O8PS2. The van der Waals surface area contributed by atoms with Gasteiger partial charge in [-0.05, 0) is 67.2 Å². The van der Waals surface area contributed by atoms with E-state index in [1.165, 1.54) is 0 Å². The topological polar surface area (TPSA) is 95.8 Å². The average Bonchev–Trinajstić information content (AvgIpc) is 3.01. The molecule has 2 aliphatic rings. The highest BCUT2D eigenvalue weighted by atomic mass is 32.9. The van der Waals surface area contributed by atoms with Crippen LogP contribution in [0.1, 0.15) is 55.4 Å². The Kier molecular flexibility index (Phi) is 9.48. The molecule has 0 amide bonds. The molecule has 8 nitrogen and oxygen atoms in total. The minimum Gasteiger partial charge on any atom is -0.388 e. The predicted octanol–water partition coefficient (Wildman–Crippen LogP) is 2.84. The van der Waals surface area contributed by atoms with Crippen molar-refractivity contribution in [1.29, 1.82) is 0 Å². The first-order chi connectivity index (χ1) is 14.0. The quantitative estimate of drug-likeness (QED) is 0.342. The van der Waals surface area contributed by atoms with Gasteiger partial charge in [-0.15, -0.1) is 0 Å². The van der Waals surface area contributed by atoms with E-state index in [1.54, 1.807) is 13.8 Å². The van der Waals surface area contributed by atoms with Crippen molar-refractivity contribution in [1.82, 2.24) is 0 Å². The van der Waals surface area contributed by atoms with Crippen LogP contribution in [-0.4, -0.2) is 83.5 Å². The van der Waals surface area contributed by atoms with Crippen LogP contribution in [0.15, 0.2) is 0 Å². The second-order valence-electron chi connectivity index (χ2n) is 10.2. The van der Waals surface area contributed by atoms with Crippen LogP contribution in [0.5, 0.6) is 0 Å². The Balaban J connectivity index is 2.00. The fraction of sp³-hybridized carbons (Fsp3) is 1.00. The number of rotatable bonds is 8. The van der Waals surface area contributed by atoms with Crippen LogP contribution in [0.2, 0.25) is 0 Å². The summed E-state index contributed by atoms with van der Waals surface area (Å²) in [6, 6.07) is 0. The van der Waals surface area contributed by atoms with Crippen molar-refractivity contribution in [3.05, 3.63) is 0 Å². The van der Waals surface area contributed by atoms with E-state index in [2.05, 4.69) is 12.2 Å². The van der Waals surface area contributed by atoms with E-state index in [0.29, 0.717) is 0 Å². The summed E-state index contributed by atoms with van der Waals surface area (Å²) >= 11 is 9.93. The summed E-state index contributed by atoms with van der Waals surface area (Å²) in [4.78, 5) is 0. The molecule has 0 radical (unpaired) electrons. The number of aliphatic hydroxyl groups excluding tert-OH is 2. The van der Waals surface area contributed by atoms with E-state index in [-0.39, 0.29) is 18.8 Å². The van der Waals surface area contributed by atoms with Gasteiger partial charge in [0.1, 0.15) is 36.6 Å². The summed E-state index contributed by atoms with van der Waals surface area (Å²) in [5, 5.41) is 21.0. The molecule has 0 aromatic carbocycles. The van der Waals surface area contributed by atoms with Gasteiger partial charge in [0.25, 0.3) is 0 Å². The molecular weight excluding hydrogens is 463 g/mol. The van der Waals surface area contributed by atoms with Gasteiger partial charge in [0, 0.05) is 0 Å². The molecule has 0 spiro atoms. The van der Waals surface area contributed by atoms with Crippen LogP contribution in [0.25, 0.3) is 0 Å². The van der Waals surface area contributed by atoms with Crippen molar-refractivity contribution in [3.8, 4) is 0 Å². The first-order valence-corrected chi connectivity index (χ1v) is 14.4. The van der Waals surface area contributed by atoms with Crippen LogP contribution in [0, 0.1) is 0 Å². The predicted molar refractivity (Wildman–Crippen MR) is 125 cm³/mol. The molecule has 0 aromatic heterocycles. The Bertz CT molecular complexity index is 638. The second-order valence-corrected chi connectivity index (χ2v) is 15.4. The van der Waals surface area contributed by atoms with Gasteiger partial charge in [-0.25, -0.2) is 0 Å². The van der Waals surface area contributed by atoms with Gasteiger partial charge in [0.05, 0.1) is 36.6 Å². The van der Waals surface area contributed by atoms with Crippen LogP contribution in [0.4, 0.5) is 0 Å². The first kappa shape index (κ1) is 27.9. The maximum absolute atomic E-state index is 10.5. The summed E-state index contributed by atoms with van der Waals surface area (Å²) in [6.07, 6.45) is -4.80. The molecule has 0 aliphatic carbocycles. The summed E-state index contributed by atoms with van der Waals surface area (Å²) in [5.74, 6) is 0. The van der Waals surface area contributed by atoms with Gasteiger partial charge in [-0.1, -0.05) is 12.2 Å². The summed E-state index contributed by atoms with van der Waals surface area (Å²) in [5.41, 5.74) is -3.88. The molecule has 184 valence electrons. The highest BCUT2D eigenvalue weighted by molar-refractivity contribution is 8.60. The molecule has 3 unspecified atom stereocenters. The second kappa shape index (κ2) is 10.5. The van der Waals surface area contributed by atoms with Crippen molar-refractivity contribution >= 4 is 29.7 Å². The zero-order chi connectivity index (χ0) is 23.8. The van der Waals surface area contributed by atoms with E-state index < -0.39 is 60.1 Å². The number of hydrogen-bond acceptors (Lipinski definition) is 9. The third kappa shape index (κ3) is 8.44.